The van der Waals surface area contributed by atoms with Crippen LogP contribution in [0.2, 0.25) is 0 Å². The fourth-order valence-electron chi connectivity index (χ4n) is 3.77. The molecule has 140 valence electrons. The van der Waals surface area contributed by atoms with Crippen LogP contribution in [0.3, 0.4) is 0 Å². The molecule has 3 heterocycles. The Bertz CT molecular complexity index is 963. The van der Waals surface area contributed by atoms with E-state index >= 15 is 0 Å². The molecule has 3 aromatic rings. The van der Waals surface area contributed by atoms with E-state index in [9.17, 15) is 4.79 Å². The number of aryl methyl sites for hydroxylation is 2. The Hall–Kier alpha value is -2.66. The summed E-state index contributed by atoms with van der Waals surface area (Å²) in [6, 6.07) is 14.0. The second kappa shape index (κ2) is 7.53. The second-order valence-electron chi connectivity index (χ2n) is 7.24. The van der Waals surface area contributed by atoms with Crippen LogP contribution in [0, 0.1) is 13.8 Å². The molecule has 1 aliphatic rings. The number of benzene rings is 1. The van der Waals surface area contributed by atoms with Crippen LogP contribution in [-0.2, 0) is 6.54 Å². The summed E-state index contributed by atoms with van der Waals surface area (Å²) in [7, 11) is 0. The lowest BCUT2D eigenvalue weighted by molar-refractivity contribution is 0.0730. The quantitative estimate of drug-likeness (QED) is 0.710. The van der Waals surface area contributed by atoms with Crippen LogP contribution < -0.4 is 0 Å². The third-order valence-electron chi connectivity index (χ3n) is 5.25. The summed E-state index contributed by atoms with van der Waals surface area (Å²) in [5.74, 6) is 0.476. The number of furan rings is 1. The molecule has 0 aliphatic carbocycles. The molecule has 0 spiro atoms. The van der Waals surface area contributed by atoms with Crippen molar-refractivity contribution in [2.45, 2.75) is 26.8 Å². The molecule has 1 aromatic carbocycles. The molecule has 0 N–H and O–H groups in total. The third kappa shape index (κ3) is 3.74. The summed E-state index contributed by atoms with van der Waals surface area (Å²) in [4.78, 5) is 22.0. The van der Waals surface area contributed by atoms with Gasteiger partial charge in [-0.1, -0.05) is 24.3 Å². The summed E-state index contributed by atoms with van der Waals surface area (Å²) < 4.78 is 5.88. The van der Waals surface area contributed by atoms with Crippen molar-refractivity contribution in [2.24, 2.45) is 0 Å². The van der Waals surface area contributed by atoms with Gasteiger partial charge in [0.2, 0.25) is 0 Å². The predicted molar refractivity (Wildman–Crippen MR) is 106 cm³/mol. The first-order valence-corrected chi connectivity index (χ1v) is 9.54. The molecule has 0 bridgehead atoms. The Morgan fingerprint density at radius 3 is 2.70 bits per heavy atom. The molecule has 1 saturated heterocycles. The van der Waals surface area contributed by atoms with Crippen molar-refractivity contribution in [3.63, 3.8) is 0 Å². The van der Waals surface area contributed by atoms with Gasteiger partial charge in [0.05, 0.1) is 5.69 Å². The zero-order valence-electron chi connectivity index (χ0n) is 15.9. The van der Waals surface area contributed by atoms with Crippen molar-refractivity contribution in [2.75, 3.05) is 26.2 Å². The Morgan fingerprint density at radius 1 is 1.04 bits per heavy atom. The topological polar surface area (TPSA) is 49.6 Å². The molecule has 0 atom stereocenters. The van der Waals surface area contributed by atoms with Gasteiger partial charge in [0, 0.05) is 49.4 Å². The maximum absolute atomic E-state index is 13.1. The summed E-state index contributed by atoms with van der Waals surface area (Å²) in [6.07, 6.45) is 0.955. The molecule has 1 amide bonds. The molecule has 4 rings (SSSR count). The highest BCUT2D eigenvalue weighted by Crippen LogP contribution is 2.26. The Kier molecular flexibility index (Phi) is 4.94. The van der Waals surface area contributed by atoms with Crippen molar-refractivity contribution in [1.82, 2.24) is 14.8 Å². The molecule has 1 fully saturated rings. The molecule has 0 radical (unpaired) electrons. The van der Waals surface area contributed by atoms with Crippen molar-refractivity contribution in [3.05, 3.63) is 65.2 Å². The van der Waals surface area contributed by atoms with Crippen LogP contribution in [0.1, 0.15) is 33.9 Å². The maximum Gasteiger partial charge on any atom is 0.289 e. The van der Waals surface area contributed by atoms with Crippen LogP contribution in [0.4, 0.5) is 0 Å². The highest BCUT2D eigenvalue weighted by molar-refractivity contribution is 5.98. The minimum absolute atomic E-state index is 0.000712. The first-order valence-electron chi connectivity index (χ1n) is 9.54. The smallest absolute Gasteiger partial charge is 0.289 e. The summed E-state index contributed by atoms with van der Waals surface area (Å²) in [6.45, 7) is 8.09. The number of amides is 1. The second-order valence-corrected chi connectivity index (χ2v) is 7.24. The average molecular weight is 363 g/mol. The predicted octanol–water partition coefficient (Wildman–Crippen LogP) is 3.79. The number of carbonyl (C=O) groups is 1. The first kappa shape index (κ1) is 17.7. The van der Waals surface area contributed by atoms with Crippen molar-refractivity contribution in [1.29, 1.82) is 0 Å². The SMILES string of the molecule is Cc1cccc(CN2CCCN(C(=O)c3oc4ccccc4c3C)CC2)n1. The number of aromatic nitrogens is 1. The van der Waals surface area contributed by atoms with Crippen LogP contribution >= 0.6 is 0 Å². The molecule has 5 heteroatoms. The monoisotopic (exact) mass is 363 g/mol. The maximum atomic E-state index is 13.1. The summed E-state index contributed by atoms with van der Waals surface area (Å²) >= 11 is 0. The van der Waals surface area contributed by atoms with Crippen molar-refractivity contribution < 1.29 is 9.21 Å². The number of fused-ring (bicyclic) bond motifs is 1. The van der Waals surface area contributed by atoms with Crippen LogP contribution in [-0.4, -0.2) is 46.9 Å². The minimum atomic E-state index is -0.000712. The zero-order valence-corrected chi connectivity index (χ0v) is 15.9. The molecule has 27 heavy (non-hydrogen) atoms. The minimum Gasteiger partial charge on any atom is -0.451 e. The molecule has 0 unspecified atom stereocenters. The number of rotatable bonds is 3. The number of carbonyl (C=O) groups excluding carboxylic acids is 1. The highest BCUT2D eigenvalue weighted by Gasteiger charge is 2.25. The van der Waals surface area contributed by atoms with E-state index < -0.39 is 0 Å². The van der Waals surface area contributed by atoms with Gasteiger partial charge in [-0.2, -0.15) is 0 Å². The molecule has 0 saturated carbocycles. The Balaban J connectivity index is 1.45. The highest BCUT2D eigenvalue weighted by atomic mass is 16.3. The van der Waals surface area contributed by atoms with E-state index in [0.29, 0.717) is 12.3 Å². The van der Waals surface area contributed by atoms with Crippen molar-refractivity contribution in [3.8, 4) is 0 Å². The van der Waals surface area contributed by atoms with E-state index in [1.165, 1.54) is 0 Å². The van der Waals surface area contributed by atoms with E-state index in [-0.39, 0.29) is 5.91 Å². The van der Waals surface area contributed by atoms with Crippen molar-refractivity contribution >= 4 is 16.9 Å². The molecular formula is C22H25N3O2. The number of nitrogens with zero attached hydrogens (tertiary/aromatic N) is 3. The van der Waals surface area contributed by atoms with Crippen LogP contribution in [0.5, 0.6) is 0 Å². The number of para-hydroxylation sites is 1. The van der Waals surface area contributed by atoms with Crippen LogP contribution in [0.15, 0.2) is 46.9 Å². The van der Waals surface area contributed by atoms with Crippen LogP contribution in [0.25, 0.3) is 11.0 Å². The molecule has 1 aliphatic heterocycles. The lowest BCUT2D eigenvalue weighted by Gasteiger charge is -2.21. The van der Waals surface area contributed by atoms with Gasteiger partial charge >= 0.3 is 0 Å². The molecular weight excluding hydrogens is 338 g/mol. The van der Waals surface area contributed by atoms with Gasteiger partial charge in [0.15, 0.2) is 5.76 Å². The summed E-state index contributed by atoms with van der Waals surface area (Å²) in [5.41, 5.74) is 3.84. The van der Waals surface area contributed by atoms with Gasteiger partial charge in [-0.3, -0.25) is 14.7 Å². The normalized spacial score (nSPS) is 15.9. The Labute approximate surface area is 159 Å². The molecule has 5 nitrogen and oxygen atoms in total. The van der Waals surface area contributed by atoms with E-state index in [4.69, 9.17) is 4.42 Å². The fraction of sp³-hybridized carbons (Fsp3) is 0.364. The van der Waals surface area contributed by atoms with Gasteiger partial charge in [0.25, 0.3) is 5.91 Å². The average Bonchev–Trinajstić information content (AvgIpc) is 2.84. The lowest BCUT2D eigenvalue weighted by atomic mass is 10.1. The first-order chi connectivity index (χ1) is 13.1. The van der Waals surface area contributed by atoms with Gasteiger partial charge in [-0.05, 0) is 38.5 Å². The lowest BCUT2D eigenvalue weighted by Crippen LogP contribution is -2.35. The van der Waals surface area contributed by atoms with E-state index in [0.717, 1.165) is 60.5 Å². The summed E-state index contributed by atoms with van der Waals surface area (Å²) in [5, 5.41) is 1.02. The number of hydrogen-bond donors (Lipinski definition) is 0. The van der Waals surface area contributed by atoms with E-state index in [1.54, 1.807) is 0 Å². The van der Waals surface area contributed by atoms with Gasteiger partial charge < -0.3 is 9.32 Å². The number of hydrogen-bond acceptors (Lipinski definition) is 4. The van der Waals surface area contributed by atoms with Gasteiger partial charge in [-0.25, -0.2) is 0 Å². The van der Waals surface area contributed by atoms with E-state index in [1.807, 2.05) is 49.1 Å². The zero-order chi connectivity index (χ0) is 18.8. The van der Waals surface area contributed by atoms with E-state index in [2.05, 4.69) is 22.0 Å². The number of pyridine rings is 1. The van der Waals surface area contributed by atoms with Gasteiger partial charge in [-0.15, -0.1) is 0 Å². The Morgan fingerprint density at radius 2 is 1.89 bits per heavy atom. The standard InChI is InChI=1S/C22H25N3O2/c1-16-7-5-8-18(23-16)15-24-11-6-12-25(14-13-24)22(26)21-17(2)19-9-3-4-10-20(19)27-21/h3-5,7-10H,6,11-15H2,1-2H3. The fourth-order valence-corrected chi connectivity index (χ4v) is 3.77. The third-order valence-corrected chi connectivity index (χ3v) is 5.25. The molecule has 2 aromatic heterocycles. The van der Waals surface area contributed by atoms with Gasteiger partial charge in [0.1, 0.15) is 5.58 Å². The largest absolute Gasteiger partial charge is 0.451 e.